The van der Waals surface area contributed by atoms with E-state index >= 15 is 0 Å². The number of hydrogen-bond donors (Lipinski definition) is 1. The lowest BCUT2D eigenvalue weighted by atomic mass is 9.85. The van der Waals surface area contributed by atoms with Gasteiger partial charge in [-0.2, -0.15) is 0 Å². The quantitative estimate of drug-likeness (QED) is 0.0419. The molecule has 15 rings (SSSR count). The minimum atomic E-state index is -0.717. The smallest absolute Gasteiger partial charge is 0.327 e. The topological polar surface area (TPSA) is 187 Å². The Morgan fingerprint density at radius 3 is 0.829 bits per heavy atom. The third-order valence-electron chi connectivity index (χ3n) is 26.2. The van der Waals surface area contributed by atoms with Crippen molar-refractivity contribution in [1.29, 1.82) is 0 Å². The number of imide groups is 2. The number of rotatable bonds is 30. The van der Waals surface area contributed by atoms with E-state index in [1.165, 1.54) is 37.6 Å². The molecule has 7 aromatic rings. The van der Waals surface area contributed by atoms with Gasteiger partial charge in [-0.15, -0.1) is 0 Å². The van der Waals surface area contributed by atoms with E-state index in [1.54, 1.807) is 28.4 Å². The average Bonchev–Trinajstić information content (AvgIpc) is 1.59. The van der Waals surface area contributed by atoms with Crippen molar-refractivity contribution in [3.8, 4) is 23.0 Å². The second-order valence-electron chi connectivity index (χ2n) is 36.8. The maximum absolute atomic E-state index is 13.6. The Bertz CT molecular complexity index is 4330. The number of likely N-dealkylation sites (tertiary alicyclic amines) is 3. The van der Waals surface area contributed by atoms with Crippen LogP contribution in [-0.4, -0.2) is 258 Å². The molecule has 8 saturated heterocycles. The van der Waals surface area contributed by atoms with Gasteiger partial charge in [0.25, 0.3) is 11.8 Å². The minimum absolute atomic E-state index is 0.00436. The van der Waals surface area contributed by atoms with Crippen molar-refractivity contribution in [3.63, 3.8) is 0 Å². The van der Waals surface area contributed by atoms with Gasteiger partial charge >= 0.3 is 24.1 Å². The Balaban J connectivity index is 0.000000151. The fourth-order valence-electron chi connectivity index (χ4n) is 19.5. The molecule has 10 amide bonds. The van der Waals surface area contributed by atoms with E-state index in [0.717, 1.165) is 184 Å². The van der Waals surface area contributed by atoms with Crippen LogP contribution in [0.2, 0.25) is 0 Å². The van der Waals surface area contributed by atoms with E-state index in [0.29, 0.717) is 76.5 Å². The molecule has 8 fully saturated rings. The predicted octanol–water partition coefficient (Wildman–Crippen LogP) is 15.8. The number of amides is 10. The monoisotopic (exact) mass is 1680 g/mol. The Kier molecular flexibility index (Phi) is 32.3. The molecule has 123 heavy (non-hydrogen) atoms. The predicted molar refractivity (Wildman–Crippen MR) is 487 cm³/mol. The number of methoxy groups -OCH3 is 4. The van der Waals surface area contributed by atoms with E-state index < -0.39 is 11.1 Å². The van der Waals surface area contributed by atoms with Crippen molar-refractivity contribution >= 4 is 35.9 Å². The van der Waals surface area contributed by atoms with Gasteiger partial charge in [-0.25, -0.2) is 19.2 Å². The first-order chi connectivity index (χ1) is 59.4. The van der Waals surface area contributed by atoms with E-state index in [-0.39, 0.29) is 58.9 Å². The molecule has 662 valence electrons. The molecule has 1 N–H and O–H groups in total. The zero-order valence-electron chi connectivity index (χ0n) is 75.5. The van der Waals surface area contributed by atoms with Gasteiger partial charge in [-0.3, -0.25) is 34.1 Å². The molecule has 0 unspecified atom stereocenters. The first kappa shape index (κ1) is 92.2. The van der Waals surface area contributed by atoms with Crippen molar-refractivity contribution in [1.82, 2.24) is 59.2 Å². The van der Waals surface area contributed by atoms with Gasteiger partial charge in [0.05, 0.1) is 39.5 Å². The van der Waals surface area contributed by atoms with Gasteiger partial charge in [-0.05, 0) is 201 Å². The molecule has 8 aliphatic heterocycles. The number of benzene rings is 7. The van der Waals surface area contributed by atoms with Crippen LogP contribution in [0.4, 0.5) is 19.2 Å². The van der Waals surface area contributed by atoms with E-state index in [9.17, 15) is 28.8 Å². The highest BCUT2D eigenvalue weighted by molar-refractivity contribution is 6.08. The van der Waals surface area contributed by atoms with Crippen molar-refractivity contribution in [2.45, 2.75) is 174 Å². The molecule has 0 bridgehead atoms. The van der Waals surface area contributed by atoms with Gasteiger partial charge in [0, 0.05) is 124 Å². The average molecular weight is 1680 g/mol. The van der Waals surface area contributed by atoms with E-state index in [4.69, 9.17) is 18.9 Å². The van der Waals surface area contributed by atoms with Crippen molar-refractivity contribution in [2.75, 3.05) is 146 Å². The van der Waals surface area contributed by atoms with E-state index in [2.05, 4.69) is 198 Å². The normalized spacial score (nSPS) is 18.9. The number of carbonyl (C=O) groups is 6. The minimum Gasteiger partial charge on any atom is -0.497 e. The third-order valence-corrected chi connectivity index (χ3v) is 26.2. The number of hydrogen-bond acceptors (Lipinski definition) is 14. The number of urea groups is 4. The van der Waals surface area contributed by atoms with Gasteiger partial charge in [0.2, 0.25) is 0 Å². The summed E-state index contributed by atoms with van der Waals surface area (Å²) in [5, 5.41) is 3.44. The fourth-order valence-corrected chi connectivity index (χ4v) is 19.5. The second kappa shape index (κ2) is 43.1. The summed E-state index contributed by atoms with van der Waals surface area (Å²) in [6, 6.07) is 64.0. The van der Waals surface area contributed by atoms with Gasteiger partial charge < -0.3 is 53.7 Å². The summed E-state index contributed by atoms with van der Waals surface area (Å²) in [6.45, 7) is 34.1. The van der Waals surface area contributed by atoms with Gasteiger partial charge in [0.1, 0.15) is 34.1 Å². The molecule has 0 aromatic heterocycles. The second-order valence-corrected chi connectivity index (χ2v) is 36.8. The highest BCUT2D eigenvalue weighted by atomic mass is 16.5. The lowest BCUT2D eigenvalue weighted by Gasteiger charge is -2.44. The summed E-state index contributed by atoms with van der Waals surface area (Å²) in [5.41, 5.74) is 7.23. The van der Waals surface area contributed by atoms with Crippen LogP contribution in [0.15, 0.2) is 188 Å². The molecule has 0 atom stereocenters. The Morgan fingerprint density at radius 1 is 0.301 bits per heavy atom. The molecule has 0 aliphatic carbocycles. The SMILES string of the molecule is COc1ccc(CCN2C(=O)N(CC(C)C)C(=O)C23CCN(Cc2ccccc2)CC3)cc1.COc1ccc(CCN2C(=O)N(CC(C)C)C(=O)C23CCN(Cc2ccccc2)CC3)cc1.COc1ccc(CCN2C(=O)N(CC(C)C)CC23CCN(Cc2ccccc2)CC3)cc1.COc1ccc(CCN2C(=O)N(CC(C)C)CC23CCNCC3)cc1. The maximum atomic E-state index is 13.6. The third kappa shape index (κ3) is 23.1. The summed E-state index contributed by atoms with van der Waals surface area (Å²) in [4.78, 5) is 103. The van der Waals surface area contributed by atoms with Crippen molar-refractivity contribution in [2.24, 2.45) is 23.7 Å². The zero-order valence-corrected chi connectivity index (χ0v) is 75.5. The largest absolute Gasteiger partial charge is 0.497 e. The Morgan fingerprint density at radius 2 is 0.561 bits per heavy atom. The summed E-state index contributed by atoms with van der Waals surface area (Å²) >= 11 is 0. The van der Waals surface area contributed by atoms with Crippen LogP contribution in [0.25, 0.3) is 0 Å². The molecule has 22 heteroatoms. The summed E-state index contributed by atoms with van der Waals surface area (Å²) < 4.78 is 21.0. The van der Waals surface area contributed by atoms with Gasteiger partial charge in [-0.1, -0.05) is 195 Å². The van der Waals surface area contributed by atoms with Crippen LogP contribution in [0.1, 0.15) is 146 Å². The maximum Gasteiger partial charge on any atom is 0.327 e. The van der Waals surface area contributed by atoms with Gasteiger partial charge in [0.15, 0.2) is 0 Å². The molecule has 8 heterocycles. The first-order valence-electron chi connectivity index (χ1n) is 45.3. The van der Waals surface area contributed by atoms with Crippen LogP contribution >= 0.6 is 0 Å². The molecule has 0 radical (unpaired) electrons. The van der Waals surface area contributed by atoms with Crippen molar-refractivity contribution < 1.29 is 47.7 Å². The van der Waals surface area contributed by atoms with Crippen LogP contribution < -0.4 is 24.3 Å². The zero-order chi connectivity index (χ0) is 87.3. The summed E-state index contributed by atoms with van der Waals surface area (Å²) in [6.07, 6.45) is 10.1. The lowest BCUT2D eigenvalue weighted by Crippen LogP contribution is -2.56. The van der Waals surface area contributed by atoms with Crippen LogP contribution in [0, 0.1) is 23.7 Å². The molecule has 0 saturated carbocycles. The molecular weight excluding hydrogens is 1540 g/mol. The number of nitrogens with one attached hydrogen (secondary N) is 1. The van der Waals surface area contributed by atoms with E-state index in [1.807, 2.05) is 94.7 Å². The molecular formula is C101H138N12O10. The van der Waals surface area contributed by atoms with Crippen LogP contribution in [0.5, 0.6) is 23.0 Å². The number of piperidine rings is 4. The molecule has 22 nitrogen and oxygen atoms in total. The van der Waals surface area contributed by atoms with Crippen LogP contribution in [-0.2, 0) is 54.9 Å². The number of carbonyl (C=O) groups excluding carboxylic acids is 6. The number of ether oxygens (including phenoxy) is 4. The molecule has 8 aliphatic rings. The standard InChI is InChI=1S/2C27H35N3O3.C27H37N3O2.C20H31N3O2/c2*1-21(2)19-29-25(31)27(14-17-28(18-15-27)20-23-7-5-4-6-8-23)30(26(29)32)16-13-22-9-11-24(33-3)12-10-22;1-22(2)19-29-21-27(14-17-28(18-15-27)20-24-7-5-4-6-8-24)30(26(29)31)16-13-23-9-11-25(32-3)12-10-23;1-16(2)14-22-15-20(9-11-21-12-10-20)23(19(22)24)13-8-17-4-6-18(25-3)7-5-17/h2*4-12,21H,13-20H2,1-3H3;4-12,22H,13-21H2,1-3H3;4-7,16,21H,8-15H2,1-3H3. The summed E-state index contributed by atoms with van der Waals surface area (Å²) in [5.74, 6) is 4.85. The summed E-state index contributed by atoms with van der Waals surface area (Å²) in [7, 11) is 6.68. The van der Waals surface area contributed by atoms with Crippen molar-refractivity contribution in [3.05, 3.63) is 227 Å². The highest BCUT2D eigenvalue weighted by Crippen LogP contribution is 2.43. The molecule has 7 aromatic carbocycles. The first-order valence-corrected chi connectivity index (χ1v) is 45.3. The fraction of sp³-hybridized carbons (Fsp3) is 0.525. The Hall–Kier alpha value is -10.0. The molecule has 4 spiro atoms. The Labute approximate surface area is 733 Å². The lowest BCUT2D eigenvalue weighted by molar-refractivity contribution is -0.136. The van der Waals surface area contributed by atoms with Crippen LogP contribution in [0.3, 0.4) is 0 Å². The highest BCUT2D eigenvalue weighted by Gasteiger charge is 2.60. The number of nitrogens with zero attached hydrogens (tertiary/aromatic N) is 11.